The summed E-state index contributed by atoms with van der Waals surface area (Å²) in [5, 5.41) is 0.499. The zero-order valence-corrected chi connectivity index (χ0v) is 18.8. The summed E-state index contributed by atoms with van der Waals surface area (Å²) < 4.78 is 10.2. The molecule has 6 nitrogen and oxygen atoms in total. The molecule has 160 valence electrons. The zero-order chi connectivity index (χ0) is 22.5. The van der Waals surface area contributed by atoms with Crippen molar-refractivity contribution in [3.05, 3.63) is 81.1 Å². The first-order valence-corrected chi connectivity index (χ1v) is 10.2. The monoisotopic (exact) mass is 417 g/mol. The van der Waals surface area contributed by atoms with Gasteiger partial charge in [-0.05, 0) is 28.7 Å². The van der Waals surface area contributed by atoms with E-state index in [-0.39, 0.29) is 16.7 Å². The fraction of sp³-hybridized carbons (Fsp3) is 0.280. The van der Waals surface area contributed by atoms with Crippen molar-refractivity contribution >= 4 is 10.9 Å². The highest BCUT2D eigenvalue weighted by molar-refractivity contribution is 5.95. The molecule has 31 heavy (non-hydrogen) atoms. The van der Waals surface area contributed by atoms with Crippen molar-refractivity contribution in [1.29, 1.82) is 0 Å². The molecule has 2 heterocycles. The van der Waals surface area contributed by atoms with Crippen LogP contribution < -0.4 is 16.0 Å². The summed E-state index contributed by atoms with van der Waals surface area (Å²) in [6.45, 7) is 6.50. The summed E-state index contributed by atoms with van der Waals surface area (Å²) in [6, 6.07) is 15.9. The molecular weight excluding hydrogens is 390 g/mol. The van der Waals surface area contributed by atoms with Crippen molar-refractivity contribution in [2.75, 3.05) is 7.11 Å². The van der Waals surface area contributed by atoms with Crippen molar-refractivity contribution in [2.45, 2.75) is 26.2 Å². The van der Waals surface area contributed by atoms with Crippen molar-refractivity contribution in [1.82, 2.24) is 13.7 Å². The number of aromatic nitrogens is 3. The van der Waals surface area contributed by atoms with E-state index in [1.807, 2.05) is 47.2 Å². The first-order chi connectivity index (χ1) is 14.6. The van der Waals surface area contributed by atoms with Crippen LogP contribution in [0.4, 0.5) is 0 Å². The van der Waals surface area contributed by atoms with Gasteiger partial charge in [-0.1, -0.05) is 57.2 Å². The zero-order valence-electron chi connectivity index (χ0n) is 18.8. The van der Waals surface area contributed by atoms with Crippen LogP contribution in [0.2, 0.25) is 0 Å². The van der Waals surface area contributed by atoms with Crippen molar-refractivity contribution in [3.63, 3.8) is 0 Å². The summed E-state index contributed by atoms with van der Waals surface area (Å²) in [7, 11) is 4.81. The lowest BCUT2D eigenvalue weighted by Gasteiger charge is -2.19. The number of hydrogen-bond donors (Lipinski definition) is 0. The van der Waals surface area contributed by atoms with Crippen LogP contribution in [0, 0.1) is 0 Å². The van der Waals surface area contributed by atoms with Crippen LogP contribution in [-0.4, -0.2) is 20.8 Å². The number of ether oxygens (including phenoxy) is 1. The molecule has 4 rings (SSSR count). The van der Waals surface area contributed by atoms with E-state index in [4.69, 9.17) is 4.74 Å². The molecule has 0 amide bonds. The van der Waals surface area contributed by atoms with Crippen LogP contribution >= 0.6 is 0 Å². The predicted molar refractivity (Wildman–Crippen MR) is 124 cm³/mol. The topological polar surface area (TPSA) is 58.2 Å². The summed E-state index contributed by atoms with van der Waals surface area (Å²) in [5.41, 5.74) is 3.55. The van der Waals surface area contributed by atoms with Crippen molar-refractivity contribution in [2.24, 2.45) is 14.1 Å². The second-order valence-electron chi connectivity index (χ2n) is 8.81. The van der Waals surface area contributed by atoms with Gasteiger partial charge in [-0.15, -0.1) is 0 Å². The number of aryl methyl sites for hydroxylation is 1. The molecule has 0 aliphatic rings. The number of hydrogen-bond acceptors (Lipinski definition) is 3. The minimum Gasteiger partial charge on any atom is -0.495 e. The highest BCUT2D eigenvalue weighted by atomic mass is 16.5. The summed E-state index contributed by atoms with van der Waals surface area (Å²) in [4.78, 5) is 25.8. The fourth-order valence-corrected chi connectivity index (χ4v) is 3.97. The third-order valence-electron chi connectivity index (χ3n) is 5.81. The molecule has 0 aliphatic heterocycles. The molecule has 0 unspecified atom stereocenters. The van der Waals surface area contributed by atoms with Crippen LogP contribution in [0.15, 0.2) is 64.3 Å². The Morgan fingerprint density at radius 1 is 0.871 bits per heavy atom. The standard InChI is InChI=1S/C25H27N3O3/c1-25(2,3)17-13-11-16(12-14-17)22-21-19(26(4)24(30)27(5)23(21)29)15-28(22)18-9-7-8-10-20(18)31-6/h7-15H,1-6H3. The van der Waals surface area contributed by atoms with Gasteiger partial charge in [0.15, 0.2) is 0 Å². The number of para-hydroxylation sites is 2. The Morgan fingerprint density at radius 3 is 2.13 bits per heavy atom. The quantitative estimate of drug-likeness (QED) is 0.506. The van der Waals surface area contributed by atoms with E-state index in [1.165, 1.54) is 17.2 Å². The SMILES string of the molecule is COc1ccccc1-n1cc2c(c1-c1ccc(C(C)(C)C)cc1)c(=O)n(C)c(=O)n2C. The Bertz CT molecular complexity index is 1400. The smallest absolute Gasteiger partial charge is 0.330 e. The van der Waals surface area contributed by atoms with Gasteiger partial charge in [0, 0.05) is 20.3 Å². The molecule has 0 bridgehead atoms. The largest absolute Gasteiger partial charge is 0.495 e. The lowest BCUT2D eigenvalue weighted by atomic mass is 9.86. The second kappa shape index (κ2) is 7.30. The molecular formula is C25H27N3O3. The van der Waals surface area contributed by atoms with E-state index in [1.54, 1.807) is 14.2 Å². The second-order valence-corrected chi connectivity index (χ2v) is 8.81. The normalized spacial score (nSPS) is 11.8. The molecule has 0 saturated heterocycles. The van der Waals surface area contributed by atoms with Gasteiger partial charge in [0.2, 0.25) is 0 Å². The number of nitrogens with zero attached hydrogens (tertiary/aromatic N) is 3. The summed E-state index contributed by atoms with van der Waals surface area (Å²) >= 11 is 0. The lowest BCUT2D eigenvalue weighted by molar-refractivity contribution is 0.413. The first-order valence-electron chi connectivity index (χ1n) is 10.2. The van der Waals surface area contributed by atoms with E-state index in [2.05, 4.69) is 32.9 Å². The molecule has 0 N–H and O–H groups in total. The maximum Gasteiger partial charge on any atom is 0.330 e. The van der Waals surface area contributed by atoms with Gasteiger partial charge in [-0.2, -0.15) is 0 Å². The number of benzene rings is 2. The molecule has 0 radical (unpaired) electrons. The van der Waals surface area contributed by atoms with Crippen LogP contribution in [0.3, 0.4) is 0 Å². The fourth-order valence-electron chi connectivity index (χ4n) is 3.97. The first kappa shape index (κ1) is 20.7. The summed E-state index contributed by atoms with van der Waals surface area (Å²) in [6.07, 6.45) is 1.84. The van der Waals surface area contributed by atoms with E-state index in [9.17, 15) is 9.59 Å². The Morgan fingerprint density at radius 2 is 1.52 bits per heavy atom. The van der Waals surface area contributed by atoms with E-state index in [0.717, 1.165) is 21.5 Å². The Labute approximate surface area is 180 Å². The van der Waals surface area contributed by atoms with Gasteiger partial charge in [-0.3, -0.25) is 13.9 Å². The Hall–Kier alpha value is -3.54. The Balaban J connectivity index is 2.14. The van der Waals surface area contributed by atoms with Gasteiger partial charge < -0.3 is 9.30 Å². The van der Waals surface area contributed by atoms with E-state index in [0.29, 0.717) is 16.7 Å². The number of rotatable bonds is 3. The van der Waals surface area contributed by atoms with Gasteiger partial charge in [0.05, 0.1) is 29.4 Å². The maximum atomic E-state index is 13.2. The Kier molecular flexibility index (Phi) is 4.88. The minimum absolute atomic E-state index is 0.0191. The molecule has 6 heteroatoms. The van der Waals surface area contributed by atoms with Crippen LogP contribution in [0.25, 0.3) is 27.8 Å². The molecule has 0 saturated carbocycles. The minimum atomic E-state index is -0.357. The highest BCUT2D eigenvalue weighted by Gasteiger charge is 2.22. The third kappa shape index (κ3) is 3.28. The van der Waals surface area contributed by atoms with Gasteiger partial charge >= 0.3 is 5.69 Å². The highest BCUT2D eigenvalue weighted by Crippen LogP contribution is 2.35. The van der Waals surface area contributed by atoms with Gasteiger partial charge in [-0.25, -0.2) is 4.79 Å². The van der Waals surface area contributed by atoms with E-state index < -0.39 is 0 Å². The lowest BCUT2D eigenvalue weighted by Crippen LogP contribution is -2.36. The molecule has 0 fully saturated rings. The molecule has 0 atom stereocenters. The van der Waals surface area contributed by atoms with E-state index >= 15 is 0 Å². The molecule has 2 aromatic carbocycles. The van der Waals surface area contributed by atoms with Gasteiger partial charge in [0.1, 0.15) is 5.75 Å². The van der Waals surface area contributed by atoms with Crippen LogP contribution in [0.5, 0.6) is 5.75 Å². The van der Waals surface area contributed by atoms with Crippen molar-refractivity contribution < 1.29 is 4.74 Å². The molecule has 2 aromatic heterocycles. The average Bonchev–Trinajstić information content (AvgIpc) is 3.16. The third-order valence-corrected chi connectivity index (χ3v) is 5.81. The molecule has 0 aliphatic carbocycles. The van der Waals surface area contributed by atoms with Crippen LogP contribution in [-0.2, 0) is 19.5 Å². The molecule has 0 spiro atoms. The maximum absolute atomic E-state index is 13.2. The average molecular weight is 418 g/mol. The number of methoxy groups -OCH3 is 1. The van der Waals surface area contributed by atoms with Gasteiger partial charge in [0.25, 0.3) is 5.56 Å². The van der Waals surface area contributed by atoms with Crippen LogP contribution in [0.1, 0.15) is 26.3 Å². The number of fused-ring (bicyclic) bond motifs is 1. The predicted octanol–water partition coefficient (Wildman–Crippen LogP) is 4.00. The van der Waals surface area contributed by atoms with Crippen molar-refractivity contribution in [3.8, 4) is 22.7 Å². The molecule has 4 aromatic rings. The summed E-state index contributed by atoms with van der Waals surface area (Å²) in [5.74, 6) is 0.678.